The van der Waals surface area contributed by atoms with Crippen LogP contribution in [-0.2, 0) is 9.53 Å². The van der Waals surface area contributed by atoms with Crippen LogP contribution in [0.3, 0.4) is 0 Å². The molecule has 20 heavy (non-hydrogen) atoms. The number of carbonyl (C=O) groups is 1. The van der Waals surface area contributed by atoms with Crippen molar-refractivity contribution in [2.75, 3.05) is 38.3 Å². The first-order valence-corrected chi connectivity index (χ1v) is 6.34. The third kappa shape index (κ3) is 3.33. The Morgan fingerprint density at radius 3 is 2.75 bits per heavy atom. The number of morpholine rings is 1. The average molecular weight is 301 g/mol. The number of nitrogens with one attached hydrogen (secondary N) is 2. The predicted octanol–water partition coefficient (Wildman–Crippen LogP) is 0.806. The first-order valence-electron chi connectivity index (χ1n) is 6.34. The summed E-state index contributed by atoms with van der Waals surface area (Å²) in [5, 5.41) is 5.95. The van der Waals surface area contributed by atoms with Crippen molar-refractivity contribution in [1.82, 2.24) is 5.32 Å². The minimum absolute atomic E-state index is 0. The van der Waals surface area contributed by atoms with Crippen LogP contribution < -0.4 is 20.1 Å². The highest BCUT2D eigenvalue weighted by Crippen LogP contribution is 2.32. The van der Waals surface area contributed by atoms with Crippen LogP contribution in [0.25, 0.3) is 0 Å². The van der Waals surface area contributed by atoms with Crippen LogP contribution in [0.4, 0.5) is 5.69 Å². The summed E-state index contributed by atoms with van der Waals surface area (Å²) in [5.74, 6) is 1.27. The lowest BCUT2D eigenvalue weighted by Crippen LogP contribution is -2.48. The highest BCUT2D eigenvalue weighted by Gasteiger charge is 2.21. The van der Waals surface area contributed by atoms with E-state index in [1.165, 1.54) is 0 Å². The Morgan fingerprint density at radius 1 is 1.20 bits per heavy atom. The van der Waals surface area contributed by atoms with E-state index in [0.717, 1.165) is 0 Å². The Morgan fingerprint density at radius 2 is 2.00 bits per heavy atom. The van der Waals surface area contributed by atoms with Crippen molar-refractivity contribution in [1.29, 1.82) is 0 Å². The second-order valence-corrected chi connectivity index (χ2v) is 4.43. The topological polar surface area (TPSA) is 68.8 Å². The van der Waals surface area contributed by atoms with Crippen LogP contribution in [0.5, 0.6) is 11.5 Å². The highest BCUT2D eigenvalue weighted by atomic mass is 35.5. The van der Waals surface area contributed by atoms with Crippen LogP contribution in [-0.4, -0.2) is 44.9 Å². The fraction of sp³-hybridized carbons (Fsp3) is 0.462. The molecule has 6 nitrogen and oxygen atoms in total. The summed E-state index contributed by atoms with van der Waals surface area (Å²) in [6.45, 7) is 2.83. The third-order valence-corrected chi connectivity index (χ3v) is 3.05. The summed E-state index contributed by atoms with van der Waals surface area (Å²) < 4.78 is 16.2. The van der Waals surface area contributed by atoms with Gasteiger partial charge in [-0.2, -0.15) is 0 Å². The molecule has 1 atom stereocenters. The van der Waals surface area contributed by atoms with Crippen LogP contribution >= 0.6 is 12.4 Å². The smallest absolute Gasteiger partial charge is 0.243 e. The third-order valence-electron chi connectivity index (χ3n) is 3.05. The number of hydrogen-bond acceptors (Lipinski definition) is 5. The molecule has 1 aromatic carbocycles. The van der Waals surface area contributed by atoms with Gasteiger partial charge in [-0.15, -0.1) is 12.4 Å². The monoisotopic (exact) mass is 300 g/mol. The van der Waals surface area contributed by atoms with Crippen molar-refractivity contribution in [2.45, 2.75) is 6.04 Å². The molecule has 2 N–H and O–H groups in total. The number of carbonyl (C=O) groups excluding carboxylic acids is 1. The van der Waals surface area contributed by atoms with Crippen LogP contribution in [0, 0.1) is 0 Å². The van der Waals surface area contributed by atoms with Gasteiger partial charge < -0.3 is 24.8 Å². The number of halogens is 1. The Bertz CT molecular complexity index is 477. The van der Waals surface area contributed by atoms with Gasteiger partial charge in [0.2, 0.25) is 5.91 Å². The Hall–Kier alpha value is -1.50. The maximum atomic E-state index is 12.0. The minimum atomic E-state index is -0.304. The van der Waals surface area contributed by atoms with Crippen molar-refractivity contribution >= 4 is 24.0 Å². The largest absolute Gasteiger partial charge is 0.486 e. The lowest BCUT2D eigenvalue weighted by atomic mass is 10.2. The van der Waals surface area contributed by atoms with Crippen molar-refractivity contribution < 1.29 is 19.0 Å². The van der Waals surface area contributed by atoms with Gasteiger partial charge in [0.1, 0.15) is 19.3 Å². The van der Waals surface area contributed by atoms with Crippen molar-refractivity contribution in [2.24, 2.45) is 0 Å². The van der Waals surface area contributed by atoms with Gasteiger partial charge in [0, 0.05) is 18.3 Å². The zero-order valence-electron chi connectivity index (χ0n) is 10.9. The first kappa shape index (κ1) is 14.9. The van der Waals surface area contributed by atoms with Gasteiger partial charge in [0.15, 0.2) is 11.5 Å². The summed E-state index contributed by atoms with van der Waals surface area (Å²) in [5.41, 5.74) is 0.696. The first-order chi connectivity index (χ1) is 9.33. The van der Waals surface area contributed by atoms with E-state index < -0.39 is 0 Å². The van der Waals surface area contributed by atoms with Crippen molar-refractivity contribution in [3.05, 3.63) is 18.2 Å². The lowest BCUT2D eigenvalue weighted by molar-refractivity contribution is -0.120. The van der Waals surface area contributed by atoms with Crippen LogP contribution in [0.15, 0.2) is 18.2 Å². The molecular formula is C13H17ClN2O4. The molecule has 1 saturated heterocycles. The number of anilines is 1. The predicted molar refractivity (Wildman–Crippen MR) is 75.9 cm³/mol. The SMILES string of the molecule is Cl.O=C(Nc1ccc2c(c1)OCCO2)C1COCCN1. The van der Waals surface area contributed by atoms with Crippen molar-refractivity contribution in [3.63, 3.8) is 0 Å². The summed E-state index contributed by atoms with van der Waals surface area (Å²) in [7, 11) is 0. The second kappa shape index (κ2) is 6.78. The Kier molecular flexibility index (Phi) is 5.05. The normalized spacial score (nSPS) is 20.7. The van der Waals surface area contributed by atoms with Gasteiger partial charge >= 0.3 is 0 Å². The van der Waals surface area contributed by atoms with E-state index in [9.17, 15) is 4.79 Å². The molecule has 1 aromatic rings. The molecule has 7 heteroatoms. The van der Waals surface area contributed by atoms with Gasteiger partial charge in [-0.3, -0.25) is 4.79 Å². The second-order valence-electron chi connectivity index (χ2n) is 4.43. The molecule has 2 heterocycles. The Balaban J connectivity index is 0.00000147. The van der Waals surface area contributed by atoms with Crippen molar-refractivity contribution in [3.8, 4) is 11.5 Å². The molecule has 1 fully saturated rings. The molecule has 0 spiro atoms. The number of hydrogen-bond donors (Lipinski definition) is 2. The number of ether oxygens (including phenoxy) is 3. The maximum absolute atomic E-state index is 12.0. The fourth-order valence-corrected chi connectivity index (χ4v) is 2.08. The Labute approximate surface area is 123 Å². The molecule has 1 unspecified atom stereocenters. The molecule has 0 saturated carbocycles. The fourth-order valence-electron chi connectivity index (χ4n) is 2.08. The van der Waals surface area contributed by atoms with E-state index in [1.54, 1.807) is 18.2 Å². The van der Waals surface area contributed by atoms with Gasteiger partial charge in [-0.05, 0) is 12.1 Å². The molecule has 3 rings (SSSR count). The quantitative estimate of drug-likeness (QED) is 0.846. The van der Waals surface area contributed by atoms with Crippen LogP contribution in [0.2, 0.25) is 0 Å². The molecule has 1 amide bonds. The molecular weight excluding hydrogens is 284 g/mol. The van der Waals surface area contributed by atoms with Gasteiger partial charge in [-0.1, -0.05) is 0 Å². The molecule has 2 aliphatic heterocycles. The van der Waals surface area contributed by atoms with E-state index in [4.69, 9.17) is 14.2 Å². The molecule has 110 valence electrons. The van der Waals surface area contributed by atoms with E-state index in [0.29, 0.717) is 50.2 Å². The standard InChI is InChI=1S/C13H16N2O4.ClH/c16-13(10-8-17-4-3-14-10)15-9-1-2-11-12(7-9)19-6-5-18-11;/h1-2,7,10,14H,3-6,8H2,(H,15,16);1H. The van der Waals surface area contributed by atoms with Gasteiger partial charge in [0.25, 0.3) is 0 Å². The molecule has 0 aromatic heterocycles. The highest BCUT2D eigenvalue weighted by molar-refractivity contribution is 5.95. The van der Waals surface area contributed by atoms with Crippen LogP contribution in [0.1, 0.15) is 0 Å². The zero-order valence-corrected chi connectivity index (χ0v) is 11.7. The molecule has 2 aliphatic rings. The van der Waals surface area contributed by atoms with Gasteiger partial charge in [0.05, 0.1) is 13.2 Å². The van der Waals surface area contributed by atoms with E-state index in [2.05, 4.69) is 10.6 Å². The molecule has 0 bridgehead atoms. The summed E-state index contributed by atoms with van der Waals surface area (Å²) in [6, 6.07) is 5.07. The number of amides is 1. The zero-order chi connectivity index (χ0) is 13.1. The summed E-state index contributed by atoms with van der Waals surface area (Å²) >= 11 is 0. The molecule has 0 radical (unpaired) electrons. The van der Waals surface area contributed by atoms with Gasteiger partial charge in [-0.25, -0.2) is 0 Å². The van der Waals surface area contributed by atoms with E-state index >= 15 is 0 Å². The lowest BCUT2D eigenvalue weighted by Gasteiger charge is -2.23. The minimum Gasteiger partial charge on any atom is -0.486 e. The number of fused-ring (bicyclic) bond motifs is 1. The molecule has 0 aliphatic carbocycles. The summed E-state index contributed by atoms with van der Waals surface area (Å²) in [6.07, 6.45) is 0. The number of benzene rings is 1. The van der Waals surface area contributed by atoms with E-state index in [-0.39, 0.29) is 24.4 Å². The maximum Gasteiger partial charge on any atom is 0.243 e. The number of rotatable bonds is 2. The summed E-state index contributed by atoms with van der Waals surface area (Å²) in [4.78, 5) is 12.0. The van der Waals surface area contributed by atoms with E-state index in [1.807, 2.05) is 0 Å². The average Bonchev–Trinajstić information content (AvgIpc) is 2.48.